The van der Waals surface area contributed by atoms with Crippen molar-refractivity contribution < 1.29 is 13.5 Å². The number of sulfonamides is 1. The summed E-state index contributed by atoms with van der Waals surface area (Å²) in [5, 5.41) is 15.8. The highest BCUT2D eigenvalue weighted by Gasteiger charge is 2.26. The molecule has 1 saturated carbocycles. The molecular weight excluding hydrogens is 242 g/mol. The van der Waals surface area contributed by atoms with Gasteiger partial charge >= 0.3 is 0 Å². The van der Waals surface area contributed by atoms with E-state index in [2.05, 4.69) is 14.9 Å². The summed E-state index contributed by atoms with van der Waals surface area (Å²) in [6.45, 7) is 1.66. The highest BCUT2D eigenvalue weighted by atomic mass is 32.2. The molecule has 1 heterocycles. The maximum absolute atomic E-state index is 12.0. The summed E-state index contributed by atoms with van der Waals surface area (Å²) in [4.78, 5) is 0.178. The maximum atomic E-state index is 12.0. The molecule has 2 atom stereocenters. The van der Waals surface area contributed by atoms with Crippen LogP contribution in [0.1, 0.15) is 31.4 Å². The minimum atomic E-state index is -3.53. The van der Waals surface area contributed by atoms with Gasteiger partial charge in [-0.1, -0.05) is 0 Å². The Morgan fingerprint density at radius 2 is 2.29 bits per heavy atom. The number of aliphatic hydroxyl groups is 1. The van der Waals surface area contributed by atoms with E-state index in [0.717, 1.165) is 19.3 Å². The Morgan fingerprint density at radius 3 is 2.88 bits per heavy atom. The predicted octanol–water partition coefficient (Wildman–Crippen LogP) is 0.300. The van der Waals surface area contributed by atoms with Gasteiger partial charge in [-0.05, 0) is 32.6 Å². The average molecular weight is 259 g/mol. The summed E-state index contributed by atoms with van der Waals surface area (Å²) in [6, 6.07) is -0.182. The molecule has 2 unspecified atom stereocenters. The Bertz CT molecular complexity index is 483. The fourth-order valence-electron chi connectivity index (χ4n) is 2.16. The third-order valence-electron chi connectivity index (χ3n) is 3.04. The van der Waals surface area contributed by atoms with Crippen molar-refractivity contribution in [1.82, 2.24) is 14.9 Å². The fourth-order valence-corrected chi connectivity index (χ4v) is 3.58. The zero-order valence-electron chi connectivity index (χ0n) is 9.68. The average Bonchev–Trinajstić information content (AvgIpc) is 2.64. The van der Waals surface area contributed by atoms with Gasteiger partial charge in [0.05, 0.1) is 18.0 Å². The number of rotatable bonds is 3. The molecule has 0 aromatic carbocycles. The van der Waals surface area contributed by atoms with Crippen LogP contribution < -0.4 is 4.72 Å². The van der Waals surface area contributed by atoms with Crippen LogP contribution in [0.15, 0.2) is 11.1 Å². The first-order valence-corrected chi connectivity index (χ1v) is 7.18. The van der Waals surface area contributed by atoms with Crippen LogP contribution in [0.25, 0.3) is 0 Å². The van der Waals surface area contributed by atoms with Crippen LogP contribution in [0.4, 0.5) is 0 Å². The predicted molar refractivity (Wildman–Crippen MR) is 61.9 cm³/mol. The molecular formula is C10H17N3O3S. The van der Waals surface area contributed by atoms with E-state index in [1.807, 2.05) is 0 Å². The van der Waals surface area contributed by atoms with Crippen LogP contribution >= 0.6 is 0 Å². The third kappa shape index (κ3) is 2.85. The van der Waals surface area contributed by atoms with Gasteiger partial charge in [0.25, 0.3) is 0 Å². The van der Waals surface area contributed by atoms with Crippen molar-refractivity contribution in [1.29, 1.82) is 0 Å². The molecule has 1 aliphatic carbocycles. The summed E-state index contributed by atoms with van der Waals surface area (Å²) in [7, 11) is -3.53. The number of aromatic amines is 1. The van der Waals surface area contributed by atoms with E-state index in [9.17, 15) is 13.5 Å². The molecule has 1 fully saturated rings. The van der Waals surface area contributed by atoms with Crippen LogP contribution in [-0.2, 0) is 10.0 Å². The number of nitrogens with one attached hydrogen (secondary N) is 2. The van der Waals surface area contributed by atoms with Crippen molar-refractivity contribution in [3.05, 3.63) is 11.9 Å². The van der Waals surface area contributed by atoms with Crippen molar-refractivity contribution in [2.45, 2.75) is 49.6 Å². The number of aryl methyl sites for hydroxylation is 1. The zero-order valence-corrected chi connectivity index (χ0v) is 10.5. The summed E-state index contributed by atoms with van der Waals surface area (Å²) < 4.78 is 26.7. The van der Waals surface area contributed by atoms with E-state index in [0.29, 0.717) is 12.1 Å². The Labute approximate surface area is 100 Å². The first-order chi connectivity index (χ1) is 7.99. The van der Waals surface area contributed by atoms with E-state index >= 15 is 0 Å². The molecule has 1 aliphatic rings. The quantitative estimate of drug-likeness (QED) is 0.727. The van der Waals surface area contributed by atoms with Gasteiger partial charge in [0.15, 0.2) is 0 Å². The molecule has 17 heavy (non-hydrogen) atoms. The Morgan fingerprint density at radius 1 is 1.53 bits per heavy atom. The van der Waals surface area contributed by atoms with Crippen LogP contribution in [-0.4, -0.2) is 35.9 Å². The topological polar surface area (TPSA) is 95.1 Å². The van der Waals surface area contributed by atoms with Crippen molar-refractivity contribution in [3.8, 4) is 0 Å². The monoisotopic (exact) mass is 259 g/mol. The minimum absolute atomic E-state index is 0.178. The number of hydrogen-bond donors (Lipinski definition) is 3. The van der Waals surface area contributed by atoms with Crippen LogP contribution in [0.2, 0.25) is 0 Å². The Hall–Kier alpha value is -0.920. The summed E-state index contributed by atoms with van der Waals surface area (Å²) in [6.07, 6.45) is 3.75. The standard InChI is InChI=1S/C10H17N3O3S/c1-7-10(6-11-12-7)17(15,16)13-8-3-2-4-9(14)5-8/h6,8-9,13-14H,2-5H2,1H3,(H,11,12). The molecule has 1 aromatic heterocycles. The molecule has 0 radical (unpaired) electrons. The Balaban J connectivity index is 2.10. The highest BCUT2D eigenvalue weighted by Crippen LogP contribution is 2.21. The largest absolute Gasteiger partial charge is 0.393 e. The second-order valence-corrected chi connectivity index (χ2v) is 6.18. The molecule has 0 bridgehead atoms. The molecule has 6 nitrogen and oxygen atoms in total. The van der Waals surface area contributed by atoms with E-state index in [1.54, 1.807) is 6.92 Å². The third-order valence-corrected chi connectivity index (χ3v) is 4.68. The molecule has 0 saturated heterocycles. The molecule has 0 spiro atoms. The van der Waals surface area contributed by atoms with Crippen molar-refractivity contribution in [2.24, 2.45) is 0 Å². The summed E-state index contributed by atoms with van der Waals surface area (Å²) in [5.41, 5.74) is 0.522. The normalized spacial score (nSPS) is 26.0. The lowest BCUT2D eigenvalue weighted by Gasteiger charge is -2.26. The fraction of sp³-hybridized carbons (Fsp3) is 0.700. The van der Waals surface area contributed by atoms with Crippen LogP contribution in [0, 0.1) is 6.92 Å². The molecule has 0 amide bonds. The van der Waals surface area contributed by atoms with Gasteiger partial charge in [-0.2, -0.15) is 5.10 Å². The lowest BCUT2D eigenvalue weighted by atomic mass is 9.94. The number of H-pyrrole nitrogens is 1. The van der Waals surface area contributed by atoms with Crippen molar-refractivity contribution in [3.63, 3.8) is 0 Å². The number of nitrogens with zero attached hydrogens (tertiary/aromatic N) is 1. The molecule has 7 heteroatoms. The van der Waals surface area contributed by atoms with Gasteiger partial charge in [-0.25, -0.2) is 13.1 Å². The highest BCUT2D eigenvalue weighted by molar-refractivity contribution is 7.89. The van der Waals surface area contributed by atoms with E-state index in [-0.39, 0.29) is 10.9 Å². The lowest BCUT2D eigenvalue weighted by molar-refractivity contribution is 0.117. The SMILES string of the molecule is Cc1[nH]ncc1S(=O)(=O)NC1CCCC(O)C1. The van der Waals surface area contributed by atoms with Gasteiger partial charge in [-0.3, -0.25) is 5.10 Å². The summed E-state index contributed by atoms with van der Waals surface area (Å²) >= 11 is 0. The van der Waals surface area contributed by atoms with E-state index < -0.39 is 16.1 Å². The lowest BCUT2D eigenvalue weighted by Crippen LogP contribution is -2.39. The molecule has 1 aromatic rings. The van der Waals surface area contributed by atoms with Crippen LogP contribution in [0.5, 0.6) is 0 Å². The first kappa shape index (κ1) is 12.5. The smallest absolute Gasteiger partial charge is 0.244 e. The van der Waals surface area contributed by atoms with Crippen molar-refractivity contribution in [2.75, 3.05) is 0 Å². The maximum Gasteiger partial charge on any atom is 0.244 e. The number of aromatic nitrogens is 2. The number of aliphatic hydroxyl groups excluding tert-OH is 1. The van der Waals surface area contributed by atoms with Gasteiger partial charge < -0.3 is 5.11 Å². The van der Waals surface area contributed by atoms with E-state index in [4.69, 9.17) is 0 Å². The summed E-state index contributed by atoms with van der Waals surface area (Å²) in [5.74, 6) is 0. The molecule has 96 valence electrons. The second kappa shape index (κ2) is 4.75. The van der Waals surface area contributed by atoms with Crippen LogP contribution in [0.3, 0.4) is 0 Å². The number of hydrogen-bond acceptors (Lipinski definition) is 4. The molecule has 3 N–H and O–H groups in total. The Kier molecular flexibility index (Phi) is 3.50. The van der Waals surface area contributed by atoms with Crippen molar-refractivity contribution >= 4 is 10.0 Å². The molecule has 0 aliphatic heterocycles. The van der Waals surface area contributed by atoms with E-state index in [1.165, 1.54) is 6.20 Å². The van der Waals surface area contributed by atoms with Gasteiger partial charge in [0, 0.05) is 6.04 Å². The second-order valence-electron chi connectivity index (χ2n) is 4.50. The molecule has 2 rings (SSSR count). The van der Waals surface area contributed by atoms with Gasteiger partial charge in [0.2, 0.25) is 10.0 Å². The van der Waals surface area contributed by atoms with Gasteiger partial charge in [-0.15, -0.1) is 0 Å². The zero-order chi connectivity index (χ0) is 12.5. The van der Waals surface area contributed by atoms with Gasteiger partial charge in [0.1, 0.15) is 4.90 Å². The minimum Gasteiger partial charge on any atom is -0.393 e. The first-order valence-electron chi connectivity index (χ1n) is 5.69.